The molecule has 0 spiro atoms. The number of benzene rings is 1. The van der Waals surface area contributed by atoms with E-state index in [-0.39, 0.29) is 18.2 Å². The highest BCUT2D eigenvalue weighted by Crippen LogP contribution is 2.58. The van der Waals surface area contributed by atoms with Gasteiger partial charge in [0, 0.05) is 6.92 Å². The van der Waals surface area contributed by atoms with E-state index in [2.05, 4.69) is 45.0 Å². The van der Waals surface area contributed by atoms with E-state index in [1.165, 1.54) is 38.2 Å². The molecule has 3 nitrogen and oxygen atoms in total. The minimum Gasteiger partial charge on any atom is -0.458 e. The highest BCUT2D eigenvalue weighted by Gasteiger charge is 2.51. The van der Waals surface area contributed by atoms with Gasteiger partial charge in [-0.1, -0.05) is 56.5 Å². The van der Waals surface area contributed by atoms with Crippen molar-refractivity contribution in [2.45, 2.75) is 91.3 Å². The zero-order chi connectivity index (χ0) is 20.3. The molecule has 0 aromatic heterocycles. The molecular weight excluding hydrogens is 348 g/mol. The summed E-state index contributed by atoms with van der Waals surface area (Å²) in [5.74, 6) is 1.64. The third kappa shape index (κ3) is 4.62. The minimum absolute atomic E-state index is 0.0918. The third-order valence-electron chi connectivity index (χ3n) is 7.73. The van der Waals surface area contributed by atoms with Crippen LogP contribution in [0.4, 0.5) is 0 Å². The molecule has 1 aromatic rings. The van der Waals surface area contributed by atoms with Crippen LogP contribution in [-0.2, 0) is 9.53 Å². The average molecular weight is 387 g/mol. The second-order valence-electron chi connectivity index (χ2n) is 9.67. The van der Waals surface area contributed by atoms with E-state index in [0.717, 1.165) is 31.2 Å². The van der Waals surface area contributed by atoms with Crippen LogP contribution in [-0.4, -0.2) is 17.2 Å². The molecule has 28 heavy (non-hydrogen) atoms. The summed E-state index contributed by atoms with van der Waals surface area (Å²) in [4.78, 5) is 11.6. The average Bonchev–Trinajstić information content (AvgIpc) is 2.99. The summed E-state index contributed by atoms with van der Waals surface area (Å²) in [6.45, 7) is 8.40. The van der Waals surface area contributed by atoms with Gasteiger partial charge in [-0.25, -0.2) is 0 Å². The first kappa shape index (κ1) is 21.4. The molecule has 3 rings (SSSR count). The lowest BCUT2D eigenvalue weighted by Gasteiger charge is -2.45. The number of carbonyl (C=O) groups is 1. The quantitative estimate of drug-likeness (QED) is 0.586. The molecule has 1 aromatic carbocycles. The molecule has 6 atom stereocenters. The summed E-state index contributed by atoms with van der Waals surface area (Å²) >= 11 is 0. The van der Waals surface area contributed by atoms with Gasteiger partial charge < -0.3 is 9.84 Å². The van der Waals surface area contributed by atoms with E-state index in [9.17, 15) is 9.90 Å². The molecule has 2 aliphatic carbocycles. The van der Waals surface area contributed by atoms with Crippen molar-refractivity contribution in [3.8, 4) is 0 Å². The Hall–Kier alpha value is -1.35. The second kappa shape index (κ2) is 8.98. The lowest BCUT2D eigenvalue weighted by atomic mass is 9.61. The molecule has 0 aliphatic heterocycles. The van der Waals surface area contributed by atoms with E-state index in [1.807, 2.05) is 0 Å². The number of aliphatic hydroxyl groups is 1. The number of esters is 1. The number of aliphatic hydroxyl groups excluding tert-OH is 1. The molecule has 0 amide bonds. The number of rotatable bonds is 7. The van der Waals surface area contributed by atoms with Crippen LogP contribution >= 0.6 is 0 Å². The van der Waals surface area contributed by atoms with Crippen molar-refractivity contribution in [1.29, 1.82) is 0 Å². The smallest absolute Gasteiger partial charge is 0.303 e. The fraction of sp³-hybridized carbons (Fsp3) is 0.720. The Bertz CT molecular complexity index is 652. The summed E-state index contributed by atoms with van der Waals surface area (Å²) in [6.07, 6.45) is 8.73. The highest BCUT2D eigenvalue weighted by molar-refractivity contribution is 5.66. The van der Waals surface area contributed by atoms with Crippen LogP contribution in [0.3, 0.4) is 0 Å². The van der Waals surface area contributed by atoms with Crippen molar-refractivity contribution in [3.05, 3.63) is 35.4 Å². The maximum Gasteiger partial charge on any atom is 0.303 e. The zero-order valence-corrected chi connectivity index (χ0v) is 18.1. The summed E-state index contributed by atoms with van der Waals surface area (Å²) < 4.78 is 5.63. The van der Waals surface area contributed by atoms with Crippen molar-refractivity contribution in [1.82, 2.24) is 0 Å². The Labute approximate surface area is 170 Å². The number of ether oxygens (including phenoxy) is 1. The number of fused-ring (bicyclic) bond motifs is 1. The van der Waals surface area contributed by atoms with Gasteiger partial charge in [0.1, 0.15) is 6.10 Å². The van der Waals surface area contributed by atoms with Crippen LogP contribution in [0.25, 0.3) is 0 Å². The van der Waals surface area contributed by atoms with Gasteiger partial charge in [-0.3, -0.25) is 4.79 Å². The summed E-state index contributed by atoms with van der Waals surface area (Å²) in [7, 11) is 0. The Morgan fingerprint density at radius 3 is 2.61 bits per heavy atom. The standard InChI is InChI=1S/C25H38O3/c1-17-10-12-20(13-11-17)24(28-19(3)26)9-5-7-18(2)21-14-15-22-23(27)8-6-16-25(21,22)4/h10-13,18,21-24,27H,5-9,14-16H2,1-4H3. The Balaban J connectivity index is 1.57. The molecular formula is C25H38O3. The van der Waals surface area contributed by atoms with Crippen LogP contribution in [0.5, 0.6) is 0 Å². The zero-order valence-electron chi connectivity index (χ0n) is 18.1. The first-order valence-corrected chi connectivity index (χ1v) is 11.2. The lowest BCUT2D eigenvalue weighted by molar-refractivity contribution is -0.147. The molecule has 0 radical (unpaired) electrons. The fourth-order valence-electron chi connectivity index (χ4n) is 6.23. The molecule has 0 bridgehead atoms. The van der Waals surface area contributed by atoms with E-state index >= 15 is 0 Å². The molecule has 2 fully saturated rings. The second-order valence-corrected chi connectivity index (χ2v) is 9.67. The Kier molecular flexibility index (Phi) is 6.85. The van der Waals surface area contributed by atoms with Gasteiger partial charge in [-0.2, -0.15) is 0 Å². The third-order valence-corrected chi connectivity index (χ3v) is 7.73. The van der Waals surface area contributed by atoms with Crippen LogP contribution in [0.15, 0.2) is 24.3 Å². The SMILES string of the molecule is CC(=O)OC(CCCC(C)C1CCC2C(O)CCCC12C)c1ccc(C)cc1. The van der Waals surface area contributed by atoms with Crippen LogP contribution in [0, 0.1) is 30.1 Å². The monoisotopic (exact) mass is 386 g/mol. The first-order chi connectivity index (χ1) is 13.3. The van der Waals surface area contributed by atoms with Gasteiger partial charge in [0.15, 0.2) is 0 Å². The van der Waals surface area contributed by atoms with Crippen LogP contribution in [0.1, 0.15) is 89.4 Å². The van der Waals surface area contributed by atoms with Crippen molar-refractivity contribution in [2.24, 2.45) is 23.2 Å². The number of carbonyl (C=O) groups excluding carboxylic acids is 1. The molecule has 2 saturated carbocycles. The highest BCUT2D eigenvalue weighted by atomic mass is 16.5. The van der Waals surface area contributed by atoms with E-state index < -0.39 is 0 Å². The van der Waals surface area contributed by atoms with Gasteiger partial charge in [0.05, 0.1) is 6.10 Å². The molecule has 1 N–H and O–H groups in total. The summed E-state index contributed by atoms with van der Waals surface area (Å²) in [5, 5.41) is 10.5. The summed E-state index contributed by atoms with van der Waals surface area (Å²) in [5.41, 5.74) is 2.62. The van der Waals surface area contributed by atoms with Crippen LogP contribution in [0.2, 0.25) is 0 Å². The lowest BCUT2D eigenvalue weighted by Crippen LogP contribution is -2.41. The predicted octanol–water partition coefficient (Wildman–Crippen LogP) is 5.98. The van der Waals surface area contributed by atoms with Crippen molar-refractivity contribution in [2.75, 3.05) is 0 Å². The van der Waals surface area contributed by atoms with Crippen molar-refractivity contribution < 1.29 is 14.6 Å². The van der Waals surface area contributed by atoms with Gasteiger partial charge in [0.2, 0.25) is 0 Å². The molecule has 0 saturated heterocycles. The predicted molar refractivity (Wildman–Crippen MR) is 113 cm³/mol. The number of aryl methyl sites for hydroxylation is 1. The van der Waals surface area contributed by atoms with Crippen molar-refractivity contribution in [3.63, 3.8) is 0 Å². The van der Waals surface area contributed by atoms with Crippen molar-refractivity contribution >= 4 is 5.97 Å². The van der Waals surface area contributed by atoms with E-state index in [1.54, 1.807) is 0 Å². The largest absolute Gasteiger partial charge is 0.458 e. The maximum absolute atomic E-state index is 11.6. The molecule has 6 unspecified atom stereocenters. The van der Waals surface area contributed by atoms with Crippen LogP contribution < -0.4 is 0 Å². The van der Waals surface area contributed by atoms with Gasteiger partial charge >= 0.3 is 5.97 Å². The molecule has 156 valence electrons. The minimum atomic E-state index is -0.207. The first-order valence-electron chi connectivity index (χ1n) is 11.2. The topological polar surface area (TPSA) is 46.5 Å². The molecule has 0 heterocycles. The maximum atomic E-state index is 11.6. The number of hydrogen-bond acceptors (Lipinski definition) is 3. The number of hydrogen-bond donors (Lipinski definition) is 1. The molecule has 3 heteroatoms. The van der Waals surface area contributed by atoms with Gasteiger partial charge in [-0.15, -0.1) is 0 Å². The Morgan fingerprint density at radius 1 is 1.21 bits per heavy atom. The fourth-order valence-corrected chi connectivity index (χ4v) is 6.23. The molecule has 2 aliphatic rings. The normalized spacial score (nSPS) is 31.8. The Morgan fingerprint density at radius 2 is 1.93 bits per heavy atom. The van der Waals surface area contributed by atoms with Gasteiger partial charge in [0.25, 0.3) is 0 Å². The van der Waals surface area contributed by atoms with E-state index in [4.69, 9.17) is 4.74 Å². The van der Waals surface area contributed by atoms with E-state index in [0.29, 0.717) is 23.2 Å². The summed E-state index contributed by atoms with van der Waals surface area (Å²) in [6, 6.07) is 8.33. The van der Waals surface area contributed by atoms with Gasteiger partial charge in [-0.05, 0) is 74.2 Å².